The van der Waals surface area contributed by atoms with Crippen molar-refractivity contribution in [3.05, 3.63) is 56.6 Å². The molecule has 2 heterocycles. The number of aryl methyl sites for hydroxylation is 1. The predicted molar refractivity (Wildman–Crippen MR) is 106 cm³/mol. The van der Waals surface area contributed by atoms with E-state index in [-0.39, 0.29) is 16.8 Å². The fraction of sp³-hybridized carbons (Fsp3) is 0.500. The number of thiazole rings is 1. The van der Waals surface area contributed by atoms with Crippen molar-refractivity contribution in [2.24, 2.45) is 0 Å². The molecule has 6 heteroatoms. The van der Waals surface area contributed by atoms with Gasteiger partial charge < -0.3 is 9.88 Å². The van der Waals surface area contributed by atoms with Gasteiger partial charge in [0.15, 0.2) is 0 Å². The number of amides is 1. The lowest BCUT2D eigenvalue weighted by atomic mass is 10.1. The Morgan fingerprint density at radius 1 is 1.23 bits per heavy atom. The highest BCUT2D eigenvalue weighted by molar-refractivity contribution is 7.07. The normalized spacial score (nSPS) is 15.9. The van der Waals surface area contributed by atoms with Gasteiger partial charge in [0.05, 0.1) is 6.04 Å². The lowest BCUT2D eigenvalue weighted by Gasteiger charge is -2.28. The van der Waals surface area contributed by atoms with Crippen molar-refractivity contribution < 1.29 is 4.79 Å². The molecule has 1 aromatic heterocycles. The fourth-order valence-electron chi connectivity index (χ4n) is 3.56. The van der Waals surface area contributed by atoms with Crippen LogP contribution in [0, 0.1) is 6.92 Å². The Labute approximate surface area is 158 Å². The topological polar surface area (TPSA) is 54.3 Å². The molecule has 1 N–H and O–H groups in total. The average molecular weight is 374 g/mol. The van der Waals surface area contributed by atoms with Gasteiger partial charge in [-0.2, -0.15) is 0 Å². The average Bonchev–Trinajstić information content (AvgIpc) is 3.28. The summed E-state index contributed by atoms with van der Waals surface area (Å²) in [6, 6.07) is 10.7. The van der Waals surface area contributed by atoms with Crippen LogP contribution in [0.15, 0.2) is 40.5 Å². The molecule has 1 aliphatic rings. The zero-order valence-corrected chi connectivity index (χ0v) is 16.1. The zero-order valence-electron chi connectivity index (χ0n) is 15.3. The highest BCUT2D eigenvalue weighted by atomic mass is 32.1. The van der Waals surface area contributed by atoms with Crippen LogP contribution in [0.25, 0.3) is 0 Å². The van der Waals surface area contributed by atoms with E-state index in [0.717, 1.165) is 18.8 Å². The Kier molecular flexibility index (Phi) is 6.63. The van der Waals surface area contributed by atoms with Gasteiger partial charge in [-0.05, 0) is 44.8 Å². The van der Waals surface area contributed by atoms with Gasteiger partial charge in [-0.25, -0.2) is 0 Å². The molecule has 0 saturated carbocycles. The van der Waals surface area contributed by atoms with E-state index < -0.39 is 0 Å². The van der Waals surface area contributed by atoms with Gasteiger partial charge in [0.1, 0.15) is 0 Å². The van der Waals surface area contributed by atoms with Gasteiger partial charge in [-0.1, -0.05) is 41.7 Å². The van der Waals surface area contributed by atoms with Crippen LogP contribution < -0.4 is 10.2 Å². The first-order valence-electron chi connectivity index (χ1n) is 9.36. The molecule has 2 aromatic rings. The van der Waals surface area contributed by atoms with Gasteiger partial charge in [-0.3, -0.25) is 14.5 Å². The van der Waals surface area contributed by atoms with E-state index in [1.165, 1.54) is 29.7 Å². The van der Waals surface area contributed by atoms with Gasteiger partial charge in [-0.15, -0.1) is 0 Å². The van der Waals surface area contributed by atoms with Crippen molar-refractivity contribution >= 4 is 17.2 Å². The van der Waals surface area contributed by atoms with Crippen LogP contribution in [-0.4, -0.2) is 35.0 Å². The largest absolute Gasteiger partial charge is 0.354 e. The second kappa shape index (κ2) is 9.14. The van der Waals surface area contributed by atoms with Crippen LogP contribution in [0.1, 0.15) is 43.0 Å². The van der Waals surface area contributed by atoms with E-state index in [0.29, 0.717) is 25.9 Å². The number of carbonyl (C=O) groups excluding carboxylic acids is 1. The number of likely N-dealkylation sites (tertiary alicyclic amines) is 1. The fourth-order valence-corrected chi connectivity index (χ4v) is 4.32. The molecule has 3 rings (SSSR count). The minimum Gasteiger partial charge on any atom is -0.354 e. The molecule has 1 saturated heterocycles. The lowest BCUT2D eigenvalue weighted by Crippen LogP contribution is -2.36. The Morgan fingerprint density at radius 2 is 1.96 bits per heavy atom. The van der Waals surface area contributed by atoms with E-state index in [1.54, 1.807) is 4.57 Å². The third-order valence-corrected chi connectivity index (χ3v) is 5.90. The molecular weight excluding hydrogens is 346 g/mol. The number of rotatable bonds is 8. The van der Waals surface area contributed by atoms with Crippen LogP contribution in [0.4, 0.5) is 0 Å². The predicted octanol–water partition coefficient (Wildman–Crippen LogP) is 2.95. The first-order valence-corrected chi connectivity index (χ1v) is 10.2. The van der Waals surface area contributed by atoms with Crippen LogP contribution >= 0.6 is 11.3 Å². The van der Waals surface area contributed by atoms with Crippen molar-refractivity contribution in [2.45, 2.75) is 45.2 Å². The Morgan fingerprint density at radius 3 is 2.62 bits per heavy atom. The maximum absolute atomic E-state index is 12.3. The summed E-state index contributed by atoms with van der Waals surface area (Å²) in [4.78, 5) is 26.5. The molecule has 26 heavy (non-hydrogen) atoms. The summed E-state index contributed by atoms with van der Waals surface area (Å²) < 4.78 is 1.74. The maximum atomic E-state index is 12.3. The SMILES string of the molecule is Cc1csc(=O)n1CCCC(=O)NC[C@@H](c1ccccc1)N1CCCC1. The number of carbonyl (C=O) groups is 1. The van der Waals surface area contributed by atoms with Gasteiger partial charge in [0.25, 0.3) is 0 Å². The summed E-state index contributed by atoms with van der Waals surface area (Å²) in [6.45, 7) is 5.36. The highest BCUT2D eigenvalue weighted by Crippen LogP contribution is 2.24. The Bertz CT molecular complexity index is 763. The minimum atomic E-state index is 0.0566. The maximum Gasteiger partial charge on any atom is 0.307 e. The Hall–Kier alpha value is -1.92. The quantitative estimate of drug-likeness (QED) is 0.774. The number of nitrogens with one attached hydrogen (secondary N) is 1. The third kappa shape index (κ3) is 4.83. The second-order valence-corrected chi connectivity index (χ2v) is 7.69. The van der Waals surface area contributed by atoms with Crippen LogP contribution in [-0.2, 0) is 11.3 Å². The van der Waals surface area contributed by atoms with E-state index in [1.807, 2.05) is 18.4 Å². The van der Waals surface area contributed by atoms with Crippen LogP contribution in [0.3, 0.4) is 0 Å². The zero-order chi connectivity index (χ0) is 18.4. The van der Waals surface area contributed by atoms with E-state index in [2.05, 4.69) is 34.5 Å². The van der Waals surface area contributed by atoms with Crippen LogP contribution in [0.5, 0.6) is 0 Å². The highest BCUT2D eigenvalue weighted by Gasteiger charge is 2.23. The molecule has 0 spiro atoms. The van der Waals surface area contributed by atoms with Crippen LogP contribution in [0.2, 0.25) is 0 Å². The van der Waals surface area contributed by atoms with Crippen molar-refractivity contribution in [3.8, 4) is 0 Å². The molecule has 1 aliphatic heterocycles. The van der Waals surface area contributed by atoms with E-state index >= 15 is 0 Å². The summed E-state index contributed by atoms with van der Waals surface area (Å²) in [5, 5.41) is 4.97. The molecule has 1 fully saturated rings. The number of hydrogen-bond donors (Lipinski definition) is 1. The molecule has 0 unspecified atom stereocenters. The van der Waals surface area contributed by atoms with Crippen molar-refractivity contribution in [2.75, 3.05) is 19.6 Å². The molecule has 0 aliphatic carbocycles. The minimum absolute atomic E-state index is 0.0566. The lowest BCUT2D eigenvalue weighted by molar-refractivity contribution is -0.121. The smallest absolute Gasteiger partial charge is 0.307 e. The molecule has 0 radical (unpaired) electrons. The summed E-state index contributed by atoms with van der Waals surface area (Å²) in [5.41, 5.74) is 2.23. The van der Waals surface area contributed by atoms with Gasteiger partial charge >= 0.3 is 4.87 Å². The van der Waals surface area contributed by atoms with Gasteiger partial charge in [0.2, 0.25) is 5.91 Å². The number of benzene rings is 1. The number of aromatic nitrogens is 1. The summed E-state index contributed by atoms with van der Waals surface area (Å²) in [6.07, 6.45) is 3.59. The molecule has 0 bridgehead atoms. The summed E-state index contributed by atoms with van der Waals surface area (Å²) >= 11 is 1.22. The second-order valence-electron chi connectivity index (χ2n) is 6.87. The molecule has 140 valence electrons. The first kappa shape index (κ1) is 18.9. The first-order chi connectivity index (χ1) is 12.6. The van der Waals surface area contributed by atoms with E-state index in [4.69, 9.17) is 0 Å². The van der Waals surface area contributed by atoms with Crippen molar-refractivity contribution in [1.82, 2.24) is 14.8 Å². The standard InChI is InChI=1S/C20H27N3O2S/c1-16-15-26-20(25)23(16)13-7-10-19(24)21-14-18(22-11-5-6-12-22)17-8-3-2-4-9-17/h2-4,8-9,15,18H,5-7,10-14H2,1H3,(H,21,24)/t18-/m0/s1. The monoisotopic (exact) mass is 373 g/mol. The molecule has 1 amide bonds. The third-order valence-electron chi connectivity index (χ3n) is 5.02. The number of nitrogens with zero attached hydrogens (tertiary/aromatic N) is 2. The summed E-state index contributed by atoms with van der Waals surface area (Å²) in [5.74, 6) is 0.0612. The molecule has 5 nitrogen and oxygen atoms in total. The van der Waals surface area contributed by atoms with E-state index in [9.17, 15) is 9.59 Å². The molecule has 1 atom stereocenters. The Balaban J connectivity index is 1.50. The van der Waals surface area contributed by atoms with Crippen molar-refractivity contribution in [1.29, 1.82) is 0 Å². The van der Waals surface area contributed by atoms with Gasteiger partial charge in [0, 0.05) is 30.6 Å². The number of hydrogen-bond acceptors (Lipinski definition) is 4. The molecule has 1 aromatic carbocycles. The van der Waals surface area contributed by atoms with Crippen molar-refractivity contribution in [3.63, 3.8) is 0 Å². The summed E-state index contributed by atoms with van der Waals surface area (Å²) in [7, 11) is 0. The molecular formula is C20H27N3O2S.